The molecular formula is C16H31F2O3P. The maximum Gasteiger partial charge on any atom is 0.398 e. The van der Waals surface area contributed by atoms with Crippen molar-refractivity contribution in [2.75, 3.05) is 14.2 Å². The van der Waals surface area contributed by atoms with Crippen LogP contribution in [0.1, 0.15) is 47.1 Å². The molecule has 0 fully saturated rings. The Labute approximate surface area is 134 Å². The second-order valence-corrected chi connectivity index (χ2v) is 6.05. The number of halogens is 2. The maximum atomic E-state index is 12.3. The number of rotatable bonds is 4. The molecule has 6 heteroatoms. The minimum absolute atomic E-state index is 0.487. The lowest BCUT2D eigenvalue weighted by Crippen LogP contribution is -2.13. The normalized spacial score (nSPS) is 10.1. The Bertz CT molecular complexity index is 371. The fourth-order valence-corrected chi connectivity index (χ4v) is 1.90. The third-order valence-corrected chi connectivity index (χ3v) is 4.14. The van der Waals surface area contributed by atoms with Gasteiger partial charge in [-0.15, -0.1) is 0 Å². The first-order chi connectivity index (χ1) is 10.3. The van der Waals surface area contributed by atoms with Crippen molar-refractivity contribution in [1.29, 1.82) is 0 Å². The van der Waals surface area contributed by atoms with Crippen molar-refractivity contribution in [2.45, 2.75) is 53.6 Å². The highest BCUT2D eigenvalue weighted by atomic mass is 31.2. The average molecular weight is 340 g/mol. The zero-order valence-electron chi connectivity index (χ0n) is 15.0. The van der Waals surface area contributed by atoms with Crippen molar-refractivity contribution in [1.82, 2.24) is 0 Å². The quantitative estimate of drug-likeness (QED) is 0.596. The average Bonchev–Trinajstić information content (AvgIpc) is 2.58. The van der Waals surface area contributed by atoms with Gasteiger partial charge in [-0.3, -0.25) is 4.57 Å². The number of benzene rings is 1. The molecule has 0 aliphatic rings. The van der Waals surface area contributed by atoms with Gasteiger partial charge in [0.2, 0.25) is 0 Å². The molecule has 0 spiro atoms. The summed E-state index contributed by atoms with van der Waals surface area (Å²) in [6.45, 7) is 10.6. The summed E-state index contributed by atoms with van der Waals surface area (Å²) in [5.41, 5.74) is -2.02. The number of hydrogen-bond donors (Lipinski definition) is 0. The molecule has 0 heterocycles. The molecule has 0 saturated carbocycles. The molecule has 22 heavy (non-hydrogen) atoms. The van der Waals surface area contributed by atoms with Gasteiger partial charge in [-0.2, -0.15) is 8.78 Å². The van der Waals surface area contributed by atoms with E-state index in [2.05, 4.69) is 40.2 Å². The van der Waals surface area contributed by atoms with E-state index in [0.717, 1.165) is 20.6 Å². The van der Waals surface area contributed by atoms with E-state index < -0.39 is 13.3 Å². The molecule has 3 nitrogen and oxygen atoms in total. The second kappa shape index (κ2) is 15.1. The van der Waals surface area contributed by atoms with E-state index >= 15 is 0 Å². The predicted molar refractivity (Wildman–Crippen MR) is 90.8 cm³/mol. The van der Waals surface area contributed by atoms with Crippen LogP contribution in [0.4, 0.5) is 8.78 Å². The summed E-state index contributed by atoms with van der Waals surface area (Å²) in [6.07, 6.45) is 1.14. The largest absolute Gasteiger partial charge is 0.398 e. The summed E-state index contributed by atoms with van der Waals surface area (Å²) in [7, 11) is -2.36. The zero-order chi connectivity index (χ0) is 18.2. The molecule has 0 saturated heterocycles. The first-order valence-corrected chi connectivity index (χ1v) is 8.98. The lowest BCUT2D eigenvalue weighted by molar-refractivity contribution is 0.0661. The molecule has 0 aliphatic heterocycles. The molecule has 1 aromatic carbocycles. The van der Waals surface area contributed by atoms with E-state index in [1.165, 1.54) is 5.56 Å². The first kappa shape index (κ1) is 26.1. The van der Waals surface area contributed by atoms with Crippen LogP contribution in [0.25, 0.3) is 0 Å². The third-order valence-electron chi connectivity index (χ3n) is 2.21. The Morgan fingerprint density at radius 2 is 1.36 bits per heavy atom. The van der Waals surface area contributed by atoms with E-state index in [4.69, 9.17) is 0 Å². The highest BCUT2D eigenvalue weighted by molar-refractivity contribution is 7.55. The highest BCUT2D eigenvalue weighted by Crippen LogP contribution is 2.60. The van der Waals surface area contributed by atoms with Crippen molar-refractivity contribution in [3.63, 3.8) is 0 Å². The number of hydrogen-bond acceptors (Lipinski definition) is 3. The van der Waals surface area contributed by atoms with Gasteiger partial charge in [-0.05, 0) is 12.0 Å². The molecule has 0 aliphatic carbocycles. The van der Waals surface area contributed by atoms with Crippen molar-refractivity contribution in [3.05, 3.63) is 35.9 Å². The molecule has 0 N–H and O–H groups in total. The van der Waals surface area contributed by atoms with Gasteiger partial charge in [0.15, 0.2) is 0 Å². The van der Waals surface area contributed by atoms with Crippen LogP contribution < -0.4 is 0 Å². The summed E-state index contributed by atoms with van der Waals surface area (Å²) in [5.74, 6) is 0. The second-order valence-electron chi connectivity index (χ2n) is 3.54. The van der Waals surface area contributed by atoms with Crippen LogP contribution >= 0.6 is 7.60 Å². The first-order valence-electron chi connectivity index (χ1n) is 7.44. The monoisotopic (exact) mass is 340 g/mol. The molecule has 0 aromatic heterocycles. The van der Waals surface area contributed by atoms with Gasteiger partial charge in [0, 0.05) is 21.1 Å². The van der Waals surface area contributed by atoms with E-state index in [9.17, 15) is 13.3 Å². The molecule has 1 rings (SSSR count). The lowest BCUT2D eigenvalue weighted by atomic mass is 10.2. The molecule has 0 unspecified atom stereocenters. The Kier molecular flexibility index (Phi) is 18.0. The van der Waals surface area contributed by atoms with Gasteiger partial charge in [-0.25, -0.2) is 0 Å². The molecule has 0 amide bonds. The SMILES string of the molecule is CC.CC.CCc1ccccc1.COP(=O)(OC)C(C)(F)F. The minimum atomic E-state index is -4.20. The third kappa shape index (κ3) is 10.9. The summed E-state index contributed by atoms with van der Waals surface area (Å²) in [6, 6.07) is 10.5. The number of aryl methyl sites for hydroxylation is 1. The van der Waals surface area contributed by atoms with Crippen LogP contribution in [0.5, 0.6) is 0 Å². The standard InChI is InChI=1S/C8H10.C4H9F2O3P.2C2H6/c1-2-8-6-4-3-5-7-8;1-4(5,6)10(7,8-2)9-3;2*1-2/h3-7H,2H2,1H3;1-3H3;2*1-2H3. The zero-order valence-corrected chi connectivity index (χ0v) is 15.9. The Morgan fingerprint density at radius 1 is 1.00 bits per heavy atom. The van der Waals surface area contributed by atoms with Crippen LogP contribution in [0, 0.1) is 0 Å². The highest BCUT2D eigenvalue weighted by Gasteiger charge is 2.47. The Hall–Kier alpha value is -0.770. The lowest BCUT2D eigenvalue weighted by Gasteiger charge is -2.19. The Balaban J connectivity index is -0.000000270. The van der Waals surface area contributed by atoms with Crippen molar-refractivity contribution < 1.29 is 22.4 Å². The van der Waals surface area contributed by atoms with Gasteiger partial charge in [0.05, 0.1) is 0 Å². The maximum absolute atomic E-state index is 12.3. The molecular weight excluding hydrogens is 309 g/mol. The fourth-order valence-electron chi connectivity index (χ4n) is 1.11. The molecule has 1 aromatic rings. The van der Waals surface area contributed by atoms with Crippen molar-refractivity contribution >= 4 is 7.60 Å². The summed E-state index contributed by atoms with van der Waals surface area (Å²) >= 11 is 0. The Morgan fingerprint density at radius 3 is 1.50 bits per heavy atom. The van der Waals surface area contributed by atoms with E-state index in [1.807, 2.05) is 33.8 Å². The number of alkyl halides is 2. The molecule has 0 bridgehead atoms. The molecule has 132 valence electrons. The van der Waals surface area contributed by atoms with Gasteiger partial charge in [-0.1, -0.05) is 65.0 Å². The van der Waals surface area contributed by atoms with Crippen LogP contribution in [0.3, 0.4) is 0 Å². The fraction of sp³-hybridized carbons (Fsp3) is 0.625. The van der Waals surface area contributed by atoms with Gasteiger partial charge in [0.1, 0.15) is 0 Å². The predicted octanol–water partition coefficient (Wildman–Crippen LogP) is 6.39. The smallest absolute Gasteiger partial charge is 0.308 e. The van der Waals surface area contributed by atoms with Gasteiger partial charge >= 0.3 is 13.3 Å². The topological polar surface area (TPSA) is 35.5 Å². The van der Waals surface area contributed by atoms with E-state index in [0.29, 0.717) is 6.92 Å². The van der Waals surface area contributed by atoms with Crippen LogP contribution in [0.2, 0.25) is 0 Å². The van der Waals surface area contributed by atoms with Crippen LogP contribution in [0.15, 0.2) is 30.3 Å². The van der Waals surface area contributed by atoms with Gasteiger partial charge < -0.3 is 9.05 Å². The van der Waals surface area contributed by atoms with Crippen LogP contribution in [-0.4, -0.2) is 19.9 Å². The molecule has 0 atom stereocenters. The van der Waals surface area contributed by atoms with Crippen LogP contribution in [-0.2, 0) is 20.0 Å². The molecule has 0 radical (unpaired) electrons. The summed E-state index contributed by atoms with van der Waals surface area (Å²) in [5, 5.41) is 0. The minimum Gasteiger partial charge on any atom is -0.308 e. The summed E-state index contributed by atoms with van der Waals surface area (Å²) < 4.78 is 43.4. The van der Waals surface area contributed by atoms with Gasteiger partial charge in [0.25, 0.3) is 0 Å². The summed E-state index contributed by atoms with van der Waals surface area (Å²) in [4.78, 5) is 0. The van der Waals surface area contributed by atoms with Crippen molar-refractivity contribution in [3.8, 4) is 0 Å². The van der Waals surface area contributed by atoms with E-state index in [1.54, 1.807) is 0 Å². The van der Waals surface area contributed by atoms with Crippen molar-refractivity contribution in [2.24, 2.45) is 0 Å². The van der Waals surface area contributed by atoms with E-state index in [-0.39, 0.29) is 0 Å².